The van der Waals surface area contributed by atoms with Crippen LogP contribution in [0.4, 0.5) is 0 Å². The van der Waals surface area contributed by atoms with E-state index in [2.05, 4.69) is 4.98 Å². The van der Waals surface area contributed by atoms with Gasteiger partial charge >= 0.3 is 5.97 Å². The van der Waals surface area contributed by atoms with Crippen LogP contribution in [0.3, 0.4) is 0 Å². The van der Waals surface area contributed by atoms with Crippen molar-refractivity contribution in [3.63, 3.8) is 0 Å². The first kappa shape index (κ1) is 23.5. The monoisotopic (exact) mass is 487 g/mol. The van der Waals surface area contributed by atoms with Crippen LogP contribution in [-0.4, -0.2) is 58.9 Å². The summed E-state index contributed by atoms with van der Waals surface area (Å²) in [4.78, 5) is 44.3. The average molecular weight is 488 g/mol. The number of thioether (sulfide) groups is 1. The van der Waals surface area contributed by atoms with Crippen LogP contribution in [0.5, 0.6) is 0 Å². The SMILES string of the molecule is COC(=O)c1ccc2c(=O)n(C[C@H]3CCCO3)c(SCC(=O)N(C)Cc3ccsc3)nc2c1. The number of methoxy groups -OCH3 is 1. The maximum atomic E-state index is 13.3. The van der Waals surface area contributed by atoms with Crippen molar-refractivity contribution in [1.29, 1.82) is 0 Å². The molecule has 1 fully saturated rings. The van der Waals surface area contributed by atoms with E-state index in [1.807, 2.05) is 16.8 Å². The molecule has 1 aromatic carbocycles. The molecule has 4 rings (SSSR count). The molecule has 0 unspecified atom stereocenters. The molecule has 1 aliphatic rings. The van der Waals surface area contributed by atoms with Crippen LogP contribution in [0.1, 0.15) is 28.8 Å². The van der Waals surface area contributed by atoms with Gasteiger partial charge in [0.05, 0.1) is 42.0 Å². The molecule has 174 valence electrons. The van der Waals surface area contributed by atoms with Crippen LogP contribution >= 0.6 is 23.1 Å². The number of ether oxygens (including phenoxy) is 2. The van der Waals surface area contributed by atoms with Crippen molar-refractivity contribution in [3.05, 3.63) is 56.5 Å². The summed E-state index contributed by atoms with van der Waals surface area (Å²) < 4.78 is 12.1. The van der Waals surface area contributed by atoms with Crippen molar-refractivity contribution in [1.82, 2.24) is 14.5 Å². The van der Waals surface area contributed by atoms with Gasteiger partial charge in [0, 0.05) is 20.2 Å². The number of benzene rings is 1. The molecule has 0 radical (unpaired) electrons. The first-order chi connectivity index (χ1) is 16.0. The lowest BCUT2D eigenvalue weighted by Gasteiger charge is -2.18. The predicted octanol–water partition coefficient (Wildman–Crippen LogP) is 3.17. The van der Waals surface area contributed by atoms with E-state index >= 15 is 0 Å². The average Bonchev–Trinajstić information content (AvgIpc) is 3.53. The number of esters is 1. The molecule has 1 saturated heterocycles. The third kappa shape index (κ3) is 5.45. The van der Waals surface area contributed by atoms with Gasteiger partial charge in [-0.05, 0) is 53.4 Å². The Hall–Kier alpha value is -2.69. The van der Waals surface area contributed by atoms with E-state index in [4.69, 9.17) is 9.47 Å². The second-order valence-corrected chi connectivity index (χ2v) is 9.56. The first-order valence-corrected chi connectivity index (χ1v) is 12.5. The standard InChI is InChI=1S/C23H25N3O5S2/c1-25(11-15-7-9-32-13-15)20(27)14-33-23-24-19-10-16(22(29)30-2)5-6-18(19)21(28)26(23)12-17-4-3-8-31-17/h5-7,9-10,13,17H,3-4,8,11-12,14H2,1-2H3/t17-/m1/s1. The number of hydrogen-bond donors (Lipinski definition) is 0. The van der Waals surface area contributed by atoms with Gasteiger partial charge in [-0.2, -0.15) is 11.3 Å². The zero-order chi connectivity index (χ0) is 23.4. The van der Waals surface area contributed by atoms with Gasteiger partial charge in [0.15, 0.2) is 5.16 Å². The lowest BCUT2D eigenvalue weighted by atomic mass is 10.1. The van der Waals surface area contributed by atoms with Crippen molar-refractivity contribution in [2.45, 2.75) is 37.2 Å². The van der Waals surface area contributed by atoms with Gasteiger partial charge < -0.3 is 14.4 Å². The smallest absolute Gasteiger partial charge is 0.337 e. The number of carbonyl (C=O) groups is 2. The largest absolute Gasteiger partial charge is 0.465 e. The lowest BCUT2D eigenvalue weighted by molar-refractivity contribution is -0.127. The Bertz CT molecular complexity index is 1200. The highest BCUT2D eigenvalue weighted by Crippen LogP contribution is 2.22. The van der Waals surface area contributed by atoms with E-state index in [9.17, 15) is 14.4 Å². The minimum absolute atomic E-state index is 0.0624. The number of nitrogens with zero attached hydrogens (tertiary/aromatic N) is 3. The molecule has 0 aliphatic carbocycles. The summed E-state index contributed by atoms with van der Waals surface area (Å²) in [6.07, 6.45) is 1.77. The molecule has 33 heavy (non-hydrogen) atoms. The Morgan fingerprint density at radius 3 is 2.91 bits per heavy atom. The van der Waals surface area contributed by atoms with Gasteiger partial charge in [0.2, 0.25) is 5.91 Å². The summed E-state index contributed by atoms with van der Waals surface area (Å²) in [5.41, 5.74) is 1.58. The fraction of sp³-hybridized carbons (Fsp3) is 0.391. The predicted molar refractivity (Wildman–Crippen MR) is 128 cm³/mol. The maximum absolute atomic E-state index is 13.3. The molecule has 1 amide bonds. The van der Waals surface area contributed by atoms with Crippen LogP contribution in [0, 0.1) is 0 Å². The molecule has 1 aliphatic heterocycles. The summed E-state index contributed by atoms with van der Waals surface area (Å²) in [6, 6.07) is 6.69. The molecule has 3 aromatic rings. The van der Waals surface area contributed by atoms with Crippen LogP contribution in [0.15, 0.2) is 45.0 Å². The van der Waals surface area contributed by atoms with Crippen molar-refractivity contribution < 1.29 is 19.1 Å². The van der Waals surface area contributed by atoms with Crippen LogP contribution in [-0.2, 0) is 27.4 Å². The van der Waals surface area contributed by atoms with Crippen molar-refractivity contribution in [3.8, 4) is 0 Å². The number of thiophene rings is 1. The molecule has 3 heterocycles. The summed E-state index contributed by atoms with van der Waals surface area (Å²) >= 11 is 2.81. The zero-order valence-electron chi connectivity index (χ0n) is 18.5. The fourth-order valence-electron chi connectivity index (χ4n) is 3.69. The topological polar surface area (TPSA) is 90.7 Å². The van der Waals surface area contributed by atoms with Gasteiger partial charge in [0.1, 0.15) is 0 Å². The summed E-state index contributed by atoms with van der Waals surface area (Å²) in [5.74, 6) is -0.421. The summed E-state index contributed by atoms with van der Waals surface area (Å²) in [6.45, 7) is 1.58. The molecule has 0 saturated carbocycles. The maximum Gasteiger partial charge on any atom is 0.337 e. The number of carbonyl (C=O) groups excluding carboxylic acids is 2. The number of amides is 1. The van der Waals surface area contributed by atoms with E-state index < -0.39 is 5.97 Å². The Morgan fingerprint density at radius 1 is 1.36 bits per heavy atom. The highest BCUT2D eigenvalue weighted by molar-refractivity contribution is 7.99. The molecule has 1 atom stereocenters. The Kier molecular flexibility index (Phi) is 7.46. The van der Waals surface area contributed by atoms with E-state index in [0.29, 0.717) is 41.3 Å². The van der Waals surface area contributed by atoms with Gasteiger partial charge in [-0.15, -0.1) is 0 Å². The highest BCUT2D eigenvalue weighted by atomic mass is 32.2. The summed E-state index contributed by atoms with van der Waals surface area (Å²) in [7, 11) is 3.06. The van der Waals surface area contributed by atoms with Gasteiger partial charge in [-0.1, -0.05) is 11.8 Å². The number of aromatic nitrogens is 2. The number of fused-ring (bicyclic) bond motifs is 1. The second kappa shape index (κ2) is 10.5. The van der Waals surface area contributed by atoms with Crippen molar-refractivity contribution in [2.75, 3.05) is 26.5 Å². The van der Waals surface area contributed by atoms with E-state index in [1.54, 1.807) is 46.1 Å². The van der Waals surface area contributed by atoms with E-state index in [-0.39, 0.29) is 23.3 Å². The van der Waals surface area contributed by atoms with Gasteiger partial charge in [-0.3, -0.25) is 14.2 Å². The van der Waals surface area contributed by atoms with Crippen molar-refractivity contribution in [2.24, 2.45) is 0 Å². The second-order valence-electron chi connectivity index (χ2n) is 7.84. The highest BCUT2D eigenvalue weighted by Gasteiger charge is 2.22. The number of rotatable bonds is 8. The minimum atomic E-state index is -0.498. The third-order valence-corrected chi connectivity index (χ3v) is 7.20. The van der Waals surface area contributed by atoms with Crippen LogP contribution < -0.4 is 5.56 Å². The van der Waals surface area contributed by atoms with E-state index in [0.717, 1.165) is 18.4 Å². The molecule has 0 bridgehead atoms. The molecule has 8 nitrogen and oxygen atoms in total. The van der Waals surface area contributed by atoms with Crippen LogP contribution in [0.25, 0.3) is 10.9 Å². The third-order valence-electron chi connectivity index (χ3n) is 5.50. The molecule has 0 spiro atoms. The molecular formula is C23H25N3O5S2. The van der Waals surface area contributed by atoms with E-state index in [1.165, 1.54) is 18.9 Å². The van der Waals surface area contributed by atoms with Gasteiger partial charge in [-0.25, -0.2) is 9.78 Å². The molecule has 2 aromatic heterocycles. The summed E-state index contributed by atoms with van der Waals surface area (Å²) in [5, 5.41) is 4.83. The van der Waals surface area contributed by atoms with Gasteiger partial charge in [0.25, 0.3) is 5.56 Å². The normalized spacial score (nSPS) is 15.6. The molecule has 10 heteroatoms. The quantitative estimate of drug-likeness (QED) is 0.274. The zero-order valence-corrected chi connectivity index (χ0v) is 20.1. The Morgan fingerprint density at radius 2 is 2.21 bits per heavy atom. The molecule has 0 N–H and O–H groups in total. The lowest BCUT2D eigenvalue weighted by Crippen LogP contribution is -2.30. The Balaban J connectivity index is 1.62. The van der Waals surface area contributed by atoms with Crippen LogP contribution in [0.2, 0.25) is 0 Å². The fourth-order valence-corrected chi connectivity index (χ4v) is 5.30. The minimum Gasteiger partial charge on any atom is -0.465 e. The molecular weight excluding hydrogens is 462 g/mol. The van der Waals surface area contributed by atoms with Crippen molar-refractivity contribution >= 4 is 45.9 Å². The number of hydrogen-bond acceptors (Lipinski definition) is 8. The Labute approximate surface area is 199 Å². The first-order valence-electron chi connectivity index (χ1n) is 10.6.